The van der Waals surface area contributed by atoms with E-state index in [0.29, 0.717) is 6.54 Å². The van der Waals surface area contributed by atoms with E-state index in [-0.39, 0.29) is 0 Å². The molecule has 0 amide bonds. The topological polar surface area (TPSA) is 48.8 Å². The predicted octanol–water partition coefficient (Wildman–Crippen LogP) is 0.632. The quantitative estimate of drug-likeness (QED) is 0.745. The Bertz CT molecular complexity index is 361. The second-order valence-corrected chi connectivity index (χ2v) is 2.84. The molecule has 0 radical (unpaired) electrons. The lowest BCUT2D eigenvalue weighted by Crippen LogP contribution is -2.09. The number of hydrogen-bond acceptors (Lipinski definition) is 2. The Labute approximate surface area is 76.6 Å². The Morgan fingerprint density at radius 2 is 2.08 bits per heavy atom. The largest absolute Gasteiger partial charge is 0.329 e. The van der Waals surface area contributed by atoms with Gasteiger partial charge in [-0.2, -0.15) is 5.10 Å². The zero-order chi connectivity index (χ0) is 9.10. The van der Waals surface area contributed by atoms with Gasteiger partial charge in [0.25, 0.3) is 0 Å². The fraction of sp³-hybridized carbons (Fsp3) is 0.222. The SMILES string of the molecule is NCCn1cc(-n2cccc2)cn1. The highest BCUT2D eigenvalue weighted by Gasteiger charge is 1.97. The van der Waals surface area contributed by atoms with E-state index in [0.717, 1.165) is 12.2 Å². The zero-order valence-electron chi connectivity index (χ0n) is 7.30. The Morgan fingerprint density at radius 1 is 1.31 bits per heavy atom. The van der Waals surface area contributed by atoms with Crippen LogP contribution in [0.5, 0.6) is 0 Å². The molecule has 0 aliphatic rings. The van der Waals surface area contributed by atoms with E-state index >= 15 is 0 Å². The van der Waals surface area contributed by atoms with E-state index in [2.05, 4.69) is 5.10 Å². The van der Waals surface area contributed by atoms with Crippen LogP contribution in [0.4, 0.5) is 0 Å². The van der Waals surface area contributed by atoms with Gasteiger partial charge in [0.15, 0.2) is 0 Å². The van der Waals surface area contributed by atoms with Gasteiger partial charge in [-0.05, 0) is 12.1 Å². The van der Waals surface area contributed by atoms with Crippen molar-refractivity contribution in [2.45, 2.75) is 6.54 Å². The smallest absolute Gasteiger partial charge is 0.0833 e. The van der Waals surface area contributed by atoms with Crippen molar-refractivity contribution >= 4 is 0 Å². The molecule has 2 aromatic rings. The first-order valence-electron chi connectivity index (χ1n) is 4.26. The summed E-state index contributed by atoms with van der Waals surface area (Å²) in [5.74, 6) is 0. The summed E-state index contributed by atoms with van der Waals surface area (Å²) in [7, 11) is 0. The summed E-state index contributed by atoms with van der Waals surface area (Å²) >= 11 is 0. The summed E-state index contributed by atoms with van der Waals surface area (Å²) in [5.41, 5.74) is 6.49. The van der Waals surface area contributed by atoms with Gasteiger partial charge >= 0.3 is 0 Å². The normalized spacial score (nSPS) is 10.5. The molecule has 0 unspecified atom stereocenters. The summed E-state index contributed by atoms with van der Waals surface area (Å²) in [6.07, 6.45) is 7.79. The molecule has 0 aliphatic heterocycles. The molecule has 0 saturated heterocycles. The lowest BCUT2D eigenvalue weighted by Gasteiger charge is -1.96. The third-order valence-corrected chi connectivity index (χ3v) is 1.88. The molecule has 0 aromatic carbocycles. The van der Waals surface area contributed by atoms with Gasteiger partial charge in [0, 0.05) is 25.1 Å². The maximum atomic E-state index is 5.42. The van der Waals surface area contributed by atoms with Crippen LogP contribution in [0.25, 0.3) is 5.69 Å². The van der Waals surface area contributed by atoms with E-state index in [1.54, 1.807) is 0 Å². The molecule has 0 saturated carbocycles. The number of nitrogens with two attached hydrogens (primary N) is 1. The van der Waals surface area contributed by atoms with Gasteiger partial charge in [0.2, 0.25) is 0 Å². The van der Waals surface area contributed by atoms with E-state index < -0.39 is 0 Å². The number of hydrogen-bond donors (Lipinski definition) is 1. The molecule has 0 atom stereocenters. The molecule has 13 heavy (non-hydrogen) atoms. The summed E-state index contributed by atoms with van der Waals surface area (Å²) < 4.78 is 3.86. The van der Waals surface area contributed by atoms with Crippen LogP contribution < -0.4 is 5.73 Å². The Kier molecular flexibility index (Phi) is 2.14. The second-order valence-electron chi connectivity index (χ2n) is 2.84. The van der Waals surface area contributed by atoms with Crippen LogP contribution in [0.2, 0.25) is 0 Å². The Hall–Kier alpha value is -1.55. The van der Waals surface area contributed by atoms with E-state index in [9.17, 15) is 0 Å². The molecule has 2 heterocycles. The van der Waals surface area contributed by atoms with E-state index in [1.807, 2.05) is 46.2 Å². The van der Waals surface area contributed by atoms with Gasteiger partial charge in [-0.3, -0.25) is 4.68 Å². The predicted molar refractivity (Wildman–Crippen MR) is 50.6 cm³/mol. The fourth-order valence-corrected chi connectivity index (χ4v) is 1.25. The van der Waals surface area contributed by atoms with Crippen LogP contribution in [0.1, 0.15) is 0 Å². The van der Waals surface area contributed by atoms with Crippen molar-refractivity contribution in [3.63, 3.8) is 0 Å². The van der Waals surface area contributed by atoms with Crippen LogP contribution in [-0.2, 0) is 6.54 Å². The Morgan fingerprint density at radius 3 is 2.77 bits per heavy atom. The minimum atomic E-state index is 0.618. The van der Waals surface area contributed by atoms with E-state index in [1.165, 1.54) is 0 Å². The molecule has 4 nitrogen and oxygen atoms in total. The number of nitrogens with zero attached hydrogens (tertiary/aromatic N) is 3. The third kappa shape index (κ3) is 1.62. The first-order valence-corrected chi connectivity index (χ1v) is 4.26. The van der Waals surface area contributed by atoms with Crippen molar-refractivity contribution in [2.75, 3.05) is 6.54 Å². The summed E-state index contributed by atoms with van der Waals surface area (Å²) in [6.45, 7) is 1.38. The number of rotatable bonds is 3. The molecule has 68 valence electrons. The monoisotopic (exact) mass is 176 g/mol. The summed E-state index contributed by atoms with van der Waals surface area (Å²) in [5, 5.41) is 4.18. The molecule has 0 fully saturated rings. The summed E-state index contributed by atoms with van der Waals surface area (Å²) in [4.78, 5) is 0. The van der Waals surface area contributed by atoms with Crippen LogP contribution in [-0.4, -0.2) is 20.9 Å². The van der Waals surface area contributed by atoms with Crippen LogP contribution in [0.3, 0.4) is 0 Å². The molecule has 0 aliphatic carbocycles. The van der Waals surface area contributed by atoms with Crippen LogP contribution in [0, 0.1) is 0 Å². The third-order valence-electron chi connectivity index (χ3n) is 1.88. The van der Waals surface area contributed by atoms with Crippen LogP contribution >= 0.6 is 0 Å². The van der Waals surface area contributed by atoms with Gasteiger partial charge in [0.1, 0.15) is 0 Å². The highest BCUT2D eigenvalue weighted by molar-refractivity contribution is 5.26. The second kappa shape index (κ2) is 3.45. The standard InChI is InChI=1S/C9H12N4/c10-3-6-13-8-9(7-11-13)12-4-1-2-5-12/h1-2,4-5,7-8H,3,6,10H2. The lowest BCUT2D eigenvalue weighted by atomic mass is 10.5. The van der Waals surface area contributed by atoms with Gasteiger partial charge in [-0.25, -0.2) is 0 Å². The molecule has 2 aromatic heterocycles. The molecule has 4 heteroatoms. The minimum Gasteiger partial charge on any atom is -0.329 e. The first-order chi connectivity index (χ1) is 6.40. The highest BCUT2D eigenvalue weighted by Crippen LogP contribution is 2.05. The van der Waals surface area contributed by atoms with Crippen molar-refractivity contribution in [1.82, 2.24) is 14.3 Å². The van der Waals surface area contributed by atoms with Crippen molar-refractivity contribution < 1.29 is 0 Å². The molecule has 0 spiro atoms. The van der Waals surface area contributed by atoms with Crippen molar-refractivity contribution in [1.29, 1.82) is 0 Å². The van der Waals surface area contributed by atoms with Gasteiger partial charge < -0.3 is 10.3 Å². The fourth-order valence-electron chi connectivity index (χ4n) is 1.25. The molecule has 2 N–H and O–H groups in total. The Balaban J connectivity index is 2.23. The lowest BCUT2D eigenvalue weighted by molar-refractivity contribution is 0.625. The highest BCUT2D eigenvalue weighted by atomic mass is 15.3. The zero-order valence-corrected chi connectivity index (χ0v) is 7.30. The van der Waals surface area contributed by atoms with Crippen molar-refractivity contribution in [3.05, 3.63) is 36.9 Å². The van der Waals surface area contributed by atoms with E-state index in [4.69, 9.17) is 5.73 Å². The average molecular weight is 176 g/mol. The first kappa shape index (κ1) is 8.07. The maximum absolute atomic E-state index is 5.42. The van der Waals surface area contributed by atoms with Gasteiger partial charge in [-0.15, -0.1) is 0 Å². The molecule has 2 rings (SSSR count). The molecular weight excluding hydrogens is 164 g/mol. The number of aromatic nitrogens is 3. The minimum absolute atomic E-state index is 0.618. The van der Waals surface area contributed by atoms with Gasteiger partial charge in [-0.1, -0.05) is 0 Å². The van der Waals surface area contributed by atoms with Crippen molar-refractivity contribution in [2.24, 2.45) is 5.73 Å². The average Bonchev–Trinajstić information content (AvgIpc) is 2.70. The maximum Gasteiger partial charge on any atom is 0.0833 e. The molecule has 0 bridgehead atoms. The summed E-state index contributed by atoms with van der Waals surface area (Å²) in [6, 6.07) is 3.97. The molecular formula is C9H12N4. The van der Waals surface area contributed by atoms with Gasteiger partial charge in [0.05, 0.1) is 18.4 Å². The van der Waals surface area contributed by atoms with Crippen molar-refractivity contribution in [3.8, 4) is 5.69 Å². The van der Waals surface area contributed by atoms with Crippen LogP contribution in [0.15, 0.2) is 36.9 Å².